The Labute approximate surface area is 128 Å². The van der Waals surface area contributed by atoms with Crippen LogP contribution in [0, 0.1) is 22.0 Å². The molecule has 0 spiro atoms. The molecule has 0 bridgehead atoms. The molecule has 2 aliphatic heterocycles. The largest absolute Gasteiger partial charge is 0.495 e. The van der Waals surface area contributed by atoms with Crippen LogP contribution in [-0.4, -0.2) is 50.9 Å². The smallest absolute Gasteiger partial charge is 0.271 e. The summed E-state index contributed by atoms with van der Waals surface area (Å²) in [5, 5.41) is 14.2. The van der Waals surface area contributed by atoms with Crippen LogP contribution in [0.3, 0.4) is 0 Å². The van der Waals surface area contributed by atoms with Crippen LogP contribution in [0.1, 0.15) is 0 Å². The lowest BCUT2D eigenvalue weighted by atomic mass is 10.0. The van der Waals surface area contributed by atoms with Gasteiger partial charge >= 0.3 is 0 Å². The fourth-order valence-corrected chi connectivity index (χ4v) is 4.86. The van der Waals surface area contributed by atoms with Crippen molar-refractivity contribution < 1.29 is 18.1 Å². The molecule has 22 heavy (non-hydrogen) atoms. The maximum atomic E-state index is 12.8. The van der Waals surface area contributed by atoms with E-state index in [0.717, 1.165) is 19.2 Å². The van der Waals surface area contributed by atoms with Crippen LogP contribution < -0.4 is 10.1 Å². The third kappa shape index (κ3) is 2.44. The molecule has 3 rings (SSSR count). The summed E-state index contributed by atoms with van der Waals surface area (Å²) in [4.78, 5) is 10.2. The number of nitro benzene ring substituents is 1. The van der Waals surface area contributed by atoms with Gasteiger partial charge in [0.2, 0.25) is 10.0 Å². The van der Waals surface area contributed by atoms with Gasteiger partial charge in [-0.05, 0) is 31.0 Å². The van der Waals surface area contributed by atoms with E-state index in [9.17, 15) is 18.5 Å². The zero-order valence-corrected chi connectivity index (χ0v) is 12.9. The van der Waals surface area contributed by atoms with Gasteiger partial charge in [0.15, 0.2) is 0 Å². The molecule has 0 saturated carbocycles. The molecule has 2 atom stereocenters. The first-order valence-electron chi connectivity index (χ1n) is 6.97. The highest BCUT2D eigenvalue weighted by molar-refractivity contribution is 7.89. The van der Waals surface area contributed by atoms with E-state index in [1.54, 1.807) is 0 Å². The predicted molar refractivity (Wildman–Crippen MR) is 78.3 cm³/mol. The first-order valence-corrected chi connectivity index (χ1v) is 8.41. The maximum Gasteiger partial charge on any atom is 0.271 e. The Morgan fingerprint density at radius 2 is 1.95 bits per heavy atom. The number of nitro groups is 1. The van der Waals surface area contributed by atoms with Gasteiger partial charge in [0, 0.05) is 25.2 Å². The van der Waals surface area contributed by atoms with Crippen molar-refractivity contribution in [2.75, 3.05) is 33.3 Å². The molecule has 1 aromatic rings. The Bertz CT molecular complexity index is 694. The van der Waals surface area contributed by atoms with E-state index in [-0.39, 0.29) is 16.3 Å². The van der Waals surface area contributed by atoms with Crippen molar-refractivity contribution in [3.8, 4) is 5.75 Å². The van der Waals surface area contributed by atoms with Crippen molar-refractivity contribution in [3.63, 3.8) is 0 Å². The summed E-state index contributed by atoms with van der Waals surface area (Å²) in [6.07, 6.45) is 0. The number of hydrogen-bond acceptors (Lipinski definition) is 6. The molecule has 8 nitrogen and oxygen atoms in total. The van der Waals surface area contributed by atoms with Crippen LogP contribution in [0.5, 0.6) is 5.75 Å². The first kappa shape index (κ1) is 15.2. The van der Waals surface area contributed by atoms with Crippen LogP contribution in [0.15, 0.2) is 23.1 Å². The van der Waals surface area contributed by atoms with Crippen LogP contribution >= 0.6 is 0 Å². The van der Waals surface area contributed by atoms with Crippen molar-refractivity contribution in [1.29, 1.82) is 0 Å². The van der Waals surface area contributed by atoms with Crippen molar-refractivity contribution in [2.24, 2.45) is 11.8 Å². The van der Waals surface area contributed by atoms with Gasteiger partial charge in [-0.2, -0.15) is 4.31 Å². The van der Waals surface area contributed by atoms with Gasteiger partial charge in [-0.15, -0.1) is 0 Å². The van der Waals surface area contributed by atoms with Gasteiger partial charge in [-0.1, -0.05) is 0 Å². The lowest BCUT2D eigenvalue weighted by Crippen LogP contribution is -2.32. The zero-order chi connectivity index (χ0) is 15.9. The second-order valence-corrected chi connectivity index (χ2v) is 7.50. The predicted octanol–water partition coefficient (Wildman–Crippen LogP) is 0.443. The minimum Gasteiger partial charge on any atom is -0.495 e. The maximum absolute atomic E-state index is 12.8. The van der Waals surface area contributed by atoms with Crippen molar-refractivity contribution >= 4 is 15.7 Å². The number of non-ortho nitro benzene ring substituents is 1. The molecule has 0 aliphatic carbocycles. The second kappa shape index (κ2) is 5.49. The molecule has 120 valence electrons. The molecule has 0 radical (unpaired) electrons. The monoisotopic (exact) mass is 327 g/mol. The highest BCUT2D eigenvalue weighted by Crippen LogP contribution is 2.35. The van der Waals surface area contributed by atoms with Crippen LogP contribution in [0.25, 0.3) is 0 Å². The van der Waals surface area contributed by atoms with E-state index in [1.165, 1.54) is 23.5 Å². The SMILES string of the molecule is COc1ccc([N+](=O)[O-])cc1S(=O)(=O)N1C[C@H]2CNC[C@H]2C1. The van der Waals surface area contributed by atoms with E-state index in [1.807, 2.05) is 0 Å². The van der Waals surface area contributed by atoms with Gasteiger partial charge in [-0.25, -0.2) is 8.42 Å². The average molecular weight is 327 g/mol. The van der Waals surface area contributed by atoms with Crippen molar-refractivity contribution in [1.82, 2.24) is 9.62 Å². The third-order valence-corrected chi connectivity index (χ3v) is 6.18. The molecule has 2 fully saturated rings. The van der Waals surface area contributed by atoms with Gasteiger partial charge in [0.25, 0.3) is 5.69 Å². The summed E-state index contributed by atoms with van der Waals surface area (Å²) in [7, 11) is -2.45. The molecule has 1 aromatic carbocycles. The Hall–Kier alpha value is -1.71. The van der Waals surface area contributed by atoms with E-state index in [4.69, 9.17) is 4.74 Å². The number of hydrogen-bond donors (Lipinski definition) is 1. The number of nitrogens with zero attached hydrogens (tertiary/aromatic N) is 2. The van der Waals surface area contributed by atoms with E-state index >= 15 is 0 Å². The van der Waals surface area contributed by atoms with Crippen molar-refractivity contribution in [3.05, 3.63) is 28.3 Å². The zero-order valence-electron chi connectivity index (χ0n) is 12.1. The fraction of sp³-hybridized carbons (Fsp3) is 0.538. The normalized spacial score (nSPS) is 25.1. The number of methoxy groups -OCH3 is 1. The van der Waals surface area contributed by atoms with E-state index < -0.39 is 14.9 Å². The number of nitrogens with one attached hydrogen (secondary N) is 1. The van der Waals surface area contributed by atoms with E-state index in [2.05, 4.69) is 5.32 Å². The quantitative estimate of drug-likeness (QED) is 0.636. The lowest BCUT2D eigenvalue weighted by Gasteiger charge is -2.19. The van der Waals surface area contributed by atoms with Crippen LogP contribution in [0.4, 0.5) is 5.69 Å². The van der Waals surface area contributed by atoms with Crippen LogP contribution in [0.2, 0.25) is 0 Å². The number of fused-ring (bicyclic) bond motifs is 1. The number of benzene rings is 1. The van der Waals surface area contributed by atoms with Gasteiger partial charge in [-0.3, -0.25) is 10.1 Å². The third-order valence-electron chi connectivity index (χ3n) is 4.33. The fourth-order valence-electron chi connectivity index (χ4n) is 3.13. The molecule has 2 saturated heterocycles. The molecular formula is C13H17N3O5S. The summed E-state index contributed by atoms with van der Waals surface area (Å²) in [6.45, 7) is 2.49. The topological polar surface area (TPSA) is 102 Å². The van der Waals surface area contributed by atoms with Gasteiger partial charge < -0.3 is 10.1 Å². The molecular weight excluding hydrogens is 310 g/mol. The Balaban J connectivity index is 1.98. The lowest BCUT2D eigenvalue weighted by molar-refractivity contribution is -0.385. The Morgan fingerprint density at radius 3 is 2.50 bits per heavy atom. The minimum atomic E-state index is -3.80. The molecule has 0 unspecified atom stereocenters. The summed E-state index contributed by atoms with van der Waals surface area (Å²) in [5.74, 6) is 0.736. The molecule has 2 heterocycles. The summed E-state index contributed by atoms with van der Waals surface area (Å²) < 4.78 is 32.1. The summed E-state index contributed by atoms with van der Waals surface area (Å²) >= 11 is 0. The van der Waals surface area contributed by atoms with Crippen LogP contribution in [-0.2, 0) is 10.0 Å². The van der Waals surface area contributed by atoms with E-state index in [0.29, 0.717) is 24.9 Å². The minimum absolute atomic E-state index is 0.126. The molecule has 0 amide bonds. The van der Waals surface area contributed by atoms with Gasteiger partial charge in [0.05, 0.1) is 12.0 Å². The van der Waals surface area contributed by atoms with Crippen molar-refractivity contribution in [2.45, 2.75) is 4.90 Å². The molecule has 2 aliphatic rings. The molecule has 1 N–H and O–H groups in total. The number of rotatable bonds is 4. The average Bonchev–Trinajstić information content (AvgIpc) is 3.07. The Morgan fingerprint density at radius 1 is 1.32 bits per heavy atom. The molecule has 0 aromatic heterocycles. The highest BCUT2D eigenvalue weighted by Gasteiger charge is 2.42. The first-order chi connectivity index (χ1) is 10.4. The highest BCUT2D eigenvalue weighted by atomic mass is 32.2. The van der Waals surface area contributed by atoms with Gasteiger partial charge in [0.1, 0.15) is 10.6 Å². The standard InChI is InChI=1S/C13H17N3O5S/c1-21-12-3-2-11(16(17)18)4-13(12)22(19,20)15-7-9-5-14-6-10(9)8-15/h2-4,9-10,14H,5-8H2,1H3/t9-,10+. The summed E-state index contributed by atoms with van der Waals surface area (Å²) in [5.41, 5.74) is -0.263. The number of ether oxygens (including phenoxy) is 1. The molecule has 9 heteroatoms. The Kier molecular flexibility index (Phi) is 3.79. The number of sulfonamides is 1. The summed E-state index contributed by atoms with van der Waals surface area (Å²) in [6, 6.07) is 3.63. The second-order valence-electron chi connectivity index (χ2n) is 5.59.